The van der Waals surface area contributed by atoms with Gasteiger partial charge in [-0.2, -0.15) is 0 Å². The van der Waals surface area contributed by atoms with Crippen molar-refractivity contribution in [2.24, 2.45) is 39.6 Å². The molecule has 15 nitrogen and oxygen atoms in total. The van der Waals surface area contributed by atoms with E-state index < -0.39 is 71.5 Å². The minimum atomic E-state index is -0.955. The fourth-order valence-corrected chi connectivity index (χ4v) is 10.3. The van der Waals surface area contributed by atoms with Crippen molar-refractivity contribution < 1.29 is 48.7 Å². The van der Waals surface area contributed by atoms with Gasteiger partial charge >= 0.3 is 5.97 Å². The highest BCUT2D eigenvalue weighted by molar-refractivity contribution is 6.16. The summed E-state index contributed by atoms with van der Waals surface area (Å²) in [5, 5.41) is 42.4. The van der Waals surface area contributed by atoms with Gasteiger partial charge in [-0.25, -0.2) is 0 Å². The van der Waals surface area contributed by atoms with Crippen molar-refractivity contribution >= 4 is 45.7 Å². The molecular formula is C56H75N5O10. The molecule has 4 aliphatic heterocycles. The van der Waals surface area contributed by atoms with Gasteiger partial charge in [0.15, 0.2) is 17.2 Å². The van der Waals surface area contributed by atoms with E-state index in [0.717, 1.165) is 18.5 Å². The molecule has 1 fully saturated rings. The number of allylic oxidation sites excluding steroid dienone is 4. The van der Waals surface area contributed by atoms with E-state index in [9.17, 15) is 34.5 Å². The van der Waals surface area contributed by atoms with E-state index in [0.29, 0.717) is 49.5 Å². The number of aryl methyl sites for hydroxylation is 1. The molecule has 1 saturated heterocycles. The number of phenolic OH excluding ortho intramolecular Hbond substituents is 2. The lowest BCUT2D eigenvalue weighted by atomic mass is 9.79. The maximum Gasteiger partial charge on any atom is 0.315 e. The highest BCUT2D eigenvalue weighted by Gasteiger charge is 2.40. The largest absolute Gasteiger partial charge is 0.507 e. The van der Waals surface area contributed by atoms with Gasteiger partial charge in [0.05, 0.1) is 35.1 Å². The number of aromatic hydroxyl groups is 2. The van der Waals surface area contributed by atoms with Crippen LogP contribution in [0, 0.1) is 36.5 Å². The summed E-state index contributed by atoms with van der Waals surface area (Å²) in [6.07, 6.45) is 7.82. The van der Waals surface area contributed by atoms with Crippen LogP contribution in [0.1, 0.15) is 116 Å². The molecule has 7 rings (SSSR count). The number of aliphatic hydroxyl groups excluding tert-OH is 1. The van der Waals surface area contributed by atoms with Gasteiger partial charge in [0.25, 0.3) is 5.91 Å². The molecule has 0 saturated carbocycles. The summed E-state index contributed by atoms with van der Waals surface area (Å²) in [5.41, 5.74) is 1.30. The highest BCUT2D eigenvalue weighted by atomic mass is 16.5. The van der Waals surface area contributed by atoms with Gasteiger partial charge in [0, 0.05) is 80.1 Å². The van der Waals surface area contributed by atoms with Crippen LogP contribution in [0.2, 0.25) is 0 Å². The second-order valence-corrected chi connectivity index (χ2v) is 20.3. The van der Waals surface area contributed by atoms with Gasteiger partial charge in [-0.1, -0.05) is 91.0 Å². The Bertz CT molecular complexity index is 2680. The molecule has 0 aliphatic carbocycles. The van der Waals surface area contributed by atoms with Gasteiger partial charge in [-0.15, -0.1) is 0 Å². The third kappa shape index (κ3) is 12.4. The number of hydrogen-bond donors (Lipinski definition) is 5. The average Bonchev–Trinajstić information content (AvgIpc) is 3.70. The molecule has 0 aromatic heterocycles. The second kappa shape index (κ2) is 23.6. The molecular weight excluding hydrogens is 903 g/mol. The van der Waals surface area contributed by atoms with Gasteiger partial charge in [-0.3, -0.25) is 29.2 Å². The fraction of sp³-hybridized carbons (Fsp3) is 0.536. The number of ether oxygens (including phenoxy) is 3. The number of likely N-dealkylation sites (tertiary alicyclic amines) is 1. The van der Waals surface area contributed by atoms with Crippen molar-refractivity contribution in [3.8, 4) is 17.2 Å². The highest BCUT2D eigenvalue weighted by Crippen LogP contribution is 2.46. The molecule has 5 N–H and O–H groups in total. The number of carbonyl (C=O) groups excluding carboxylic acids is 4. The maximum atomic E-state index is 15.0. The Morgan fingerprint density at radius 2 is 1.62 bits per heavy atom. The summed E-state index contributed by atoms with van der Waals surface area (Å²) in [5.74, 6) is -4.03. The molecule has 71 heavy (non-hydrogen) atoms. The topological polar surface area (TPSA) is 209 Å². The smallest absolute Gasteiger partial charge is 0.315 e. The third-order valence-corrected chi connectivity index (χ3v) is 14.2. The number of ketones is 1. The van der Waals surface area contributed by atoms with Crippen molar-refractivity contribution in [2.75, 3.05) is 44.0 Å². The number of anilines is 2. The van der Waals surface area contributed by atoms with Crippen LogP contribution in [0.5, 0.6) is 17.2 Å². The van der Waals surface area contributed by atoms with Crippen LogP contribution in [-0.4, -0.2) is 101 Å². The number of methoxy groups -OCH3 is 1. The molecule has 3 aromatic rings. The van der Waals surface area contributed by atoms with Crippen molar-refractivity contribution in [1.82, 2.24) is 4.90 Å². The SMILES string of the molecule is CCOc1c(C)c(O)c2c(O)c3c4c(c2c1C(=O)C/C=C/[C@H](OC)[C@@H](C)[C@@H](OC(=O)CC(=O)Nc1ccc(CC)cc1)[C@H](C)[C@H](O)[C@H](C)C[C@@H](C)/C=C/C=C(/C)C(=O)N3)=NC1(CCN(CC(C)C)CC1)N=4. The number of esters is 1. The van der Waals surface area contributed by atoms with E-state index in [-0.39, 0.29) is 74.7 Å². The number of nitrogens with one attached hydrogen (secondary N) is 2. The molecule has 15 heteroatoms. The maximum absolute atomic E-state index is 15.0. The first kappa shape index (κ1) is 54.4. The number of fused-ring (bicyclic) bond motifs is 14. The minimum Gasteiger partial charge on any atom is -0.507 e. The minimum absolute atomic E-state index is 0.0187. The number of nitrogens with zero attached hydrogens (tertiary/aromatic N) is 3. The van der Waals surface area contributed by atoms with Gasteiger partial charge in [0.1, 0.15) is 35.1 Å². The van der Waals surface area contributed by atoms with Gasteiger partial charge < -0.3 is 45.1 Å². The first-order valence-electron chi connectivity index (χ1n) is 25.3. The first-order chi connectivity index (χ1) is 33.7. The van der Waals surface area contributed by atoms with Crippen molar-refractivity contribution in [2.45, 2.75) is 132 Å². The van der Waals surface area contributed by atoms with E-state index >= 15 is 0 Å². The van der Waals surface area contributed by atoms with Crippen molar-refractivity contribution in [3.63, 3.8) is 0 Å². The average molecular weight is 978 g/mol. The second-order valence-electron chi connectivity index (χ2n) is 20.3. The Hall–Kier alpha value is -5.90. The van der Waals surface area contributed by atoms with Crippen LogP contribution in [-0.2, 0) is 30.3 Å². The third-order valence-electron chi connectivity index (χ3n) is 14.2. The lowest BCUT2D eigenvalue weighted by Gasteiger charge is -2.37. The van der Waals surface area contributed by atoms with Crippen molar-refractivity contribution in [1.29, 1.82) is 0 Å². The molecule has 1 spiro atoms. The van der Waals surface area contributed by atoms with Crippen LogP contribution in [0.4, 0.5) is 11.4 Å². The molecule has 0 radical (unpaired) electrons. The predicted octanol–water partition coefficient (Wildman–Crippen LogP) is 8.06. The molecule has 0 unspecified atom stereocenters. The number of benzene rings is 3. The van der Waals surface area contributed by atoms with E-state index in [1.54, 1.807) is 64.1 Å². The molecule has 2 amide bonds. The van der Waals surface area contributed by atoms with Crippen LogP contribution < -0.4 is 26.1 Å². The number of amides is 2. The van der Waals surface area contributed by atoms with Crippen LogP contribution in [0.15, 0.2) is 70.2 Å². The normalized spacial score (nSPS) is 26.0. The van der Waals surface area contributed by atoms with Crippen LogP contribution in [0.25, 0.3) is 10.8 Å². The fourth-order valence-electron chi connectivity index (χ4n) is 10.3. The summed E-state index contributed by atoms with van der Waals surface area (Å²) in [6, 6.07) is 7.37. The standard InChI is InChI=1S/C56H75N5O10/c1-12-38-20-22-39(23-21-38)57-42(63)29-43(64)71-53-35(8)41(69-11)19-15-18-40(62)44-45-46(51(66)37(10)54(44)70-13-2)52(67)49(48-47(45)59-56(60-48)24-26-61(27-25-56)30-31(3)4)58-55(68)33(6)17-14-16-32(5)28-34(7)50(65)36(53)9/h14-17,19-23,31-32,34-36,41,50,53,65-67H,12-13,18,24-30H2,1-11H3,(H,57,63)(H,58,68)/b16-14+,19-15+,33-17-/t32-,34+,35+,36+,41-,50+,53+/m0/s1. The summed E-state index contributed by atoms with van der Waals surface area (Å²) in [6.45, 7) is 21.4. The Balaban J connectivity index is 1.46. The van der Waals surface area contributed by atoms with Crippen LogP contribution in [0.3, 0.4) is 0 Å². The molecule has 4 heterocycles. The Labute approximate surface area is 418 Å². The lowest BCUT2D eigenvalue weighted by molar-refractivity contribution is -0.162. The van der Waals surface area contributed by atoms with E-state index in [4.69, 9.17) is 24.2 Å². The zero-order valence-electron chi connectivity index (χ0n) is 43.4. The zero-order valence-corrected chi connectivity index (χ0v) is 43.4. The number of Topliss-reactive ketones (excluding diaryl/α,β-unsaturated/α-hetero) is 1. The van der Waals surface area contributed by atoms with Crippen molar-refractivity contribution in [3.05, 3.63) is 87.6 Å². The molecule has 4 bridgehead atoms. The number of carbonyl (C=O) groups is 4. The summed E-state index contributed by atoms with van der Waals surface area (Å²) in [4.78, 5) is 68.6. The number of hydrogen-bond acceptors (Lipinski definition) is 13. The number of aliphatic hydroxyl groups is 1. The van der Waals surface area contributed by atoms with Gasteiger partial charge in [-0.05, 0) is 69.1 Å². The number of phenols is 2. The zero-order chi connectivity index (χ0) is 51.9. The number of piperidine rings is 1. The monoisotopic (exact) mass is 978 g/mol. The number of rotatable bonds is 10. The summed E-state index contributed by atoms with van der Waals surface area (Å²) in [7, 11) is 1.50. The molecule has 7 atom stereocenters. The first-order valence-corrected chi connectivity index (χ1v) is 25.3. The lowest BCUT2D eigenvalue weighted by Crippen LogP contribution is -2.44. The summed E-state index contributed by atoms with van der Waals surface area (Å²) >= 11 is 0. The van der Waals surface area contributed by atoms with E-state index in [1.165, 1.54) is 7.11 Å². The van der Waals surface area contributed by atoms with E-state index in [1.807, 2.05) is 45.9 Å². The quantitative estimate of drug-likeness (QED) is 0.0568. The Morgan fingerprint density at radius 1 is 0.944 bits per heavy atom. The molecule has 3 aromatic carbocycles. The Morgan fingerprint density at radius 3 is 2.25 bits per heavy atom. The molecule has 384 valence electrons. The van der Waals surface area contributed by atoms with E-state index in [2.05, 4.69) is 29.4 Å². The van der Waals surface area contributed by atoms with Gasteiger partial charge in [0.2, 0.25) is 5.91 Å². The molecule has 4 aliphatic rings. The predicted molar refractivity (Wildman–Crippen MR) is 275 cm³/mol. The van der Waals surface area contributed by atoms with Crippen LogP contribution >= 0.6 is 0 Å². The Kier molecular flexibility index (Phi) is 18.1. The summed E-state index contributed by atoms with van der Waals surface area (Å²) < 4.78 is 18.3.